The van der Waals surface area contributed by atoms with Gasteiger partial charge in [-0.1, -0.05) is 44.2 Å². The summed E-state index contributed by atoms with van der Waals surface area (Å²) in [6.07, 6.45) is 8.56. The van der Waals surface area contributed by atoms with Crippen molar-refractivity contribution in [2.45, 2.75) is 51.5 Å². The third kappa shape index (κ3) is 4.54. The predicted molar refractivity (Wildman–Crippen MR) is 80.6 cm³/mol. The Bertz CT molecular complexity index is 354. The fourth-order valence-corrected chi connectivity index (χ4v) is 2.99. The molecule has 0 amide bonds. The van der Waals surface area contributed by atoms with Crippen molar-refractivity contribution in [3.8, 4) is 5.75 Å². The lowest BCUT2D eigenvalue weighted by molar-refractivity contribution is 0.329. The Morgan fingerprint density at radius 3 is 2.47 bits per heavy atom. The quantitative estimate of drug-likeness (QED) is 0.823. The summed E-state index contributed by atoms with van der Waals surface area (Å²) in [7, 11) is 1.71. The van der Waals surface area contributed by atoms with Crippen molar-refractivity contribution in [2.24, 2.45) is 5.92 Å². The van der Waals surface area contributed by atoms with Crippen LogP contribution >= 0.6 is 0 Å². The van der Waals surface area contributed by atoms with Crippen LogP contribution in [-0.2, 0) is 0 Å². The van der Waals surface area contributed by atoms with Crippen LogP contribution in [0.2, 0.25) is 0 Å². The molecule has 1 aromatic carbocycles. The number of methoxy groups -OCH3 is 1. The van der Waals surface area contributed by atoms with Gasteiger partial charge in [-0.2, -0.15) is 0 Å². The molecule has 106 valence electrons. The van der Waals surface area contributed by atoms with E-state index in [0.29, 0.717) is 6.04 Å². The second kappa shape index (κ2) is 7.54. The summed E-state index contributed by atoms with van der Waals surface area (Å²) < 4.78 is 5.19. The van der Waals surface area contributed by atoms with E-state index < -0.39 is 0 Å². The van der Waals surface area contributed by atoms with Gasteiger partial charge in [0.2, 0.25) is 0 Å². The molecule has 0 bridgehead atoms. The van der Waals surface area contributed by atoms with E-state index in [0.717, 1.165) is 18.2 Å². The zero-order valence-electron chi connectivity index (χ0n) is 12.3. The van der Waals surface area contributed by atoms with Gasteiger partial charge in [0.05, 0.1) is 7.11 Å². The highest BCUT2D eigenvalue weighted by Crippen LogP contribution is 2.26. The van der Waals surface area contributed by atoms with E-state index in [9.17, 15) is 0 Å². The number of ether oxygens (including phenoxy) is 1. The molecule has 0 aromatic heterocycles. The molecule has 1 aliphatic rings. The number of hydrogen-bond donors (Lipinski definition) is 1. The average molecular weight is 261 g/mol. The number of hydrogen-bond acceptors (Lipinski definition) is 2. The molecule has 0 spiro atoms. The maximum atomic E-state index is 5.19. The topological polar surface area (TPSA) is 21.3 Å². The lowest BCUT2D eigenvalue weighted by Gasteiger charge is -2.22. The van der Waals surface area contributed by atoms with E-state index >= 15 is 0 Å². The van der Waals surface area contributed by atoms with Crippen molar-refractivity contribution >= 4 is 0 Å². The van der Waals surface area contributed by atoms with Crippen LogP contribution in [0.3, 0.4) is 0 Å². The number of rotatable bonds is 6. The van der Waals surface area contributed by atoms with Crippen LogP contribution in [0.5, 0.6) is 5.75 Å². The SMILES string of the molecule is COc1ccc([C@H](C)NCCC2CCCCC2)cc1. The molecule has 2 nitrogen and oxygen atoms in total. The monoisotopic (exact) mass is 261 g/mol. The summed E-state index contributed by atoms with van der Waals surface area (Å²) in [5, 5.41) is 3.64. The summed E-state index contributed by atoms with van der Waals surface area (Å²) in [4.78, 5) is 0. The van der Waals surface area contributed by atoms with Crippen molar-refractivity contribution in [1.29, 1.82) is 0 Å². The van der Waals surface area contributed by atoms with Crippen LogP contribution in [0.1, 0.15) is 57.1 Å². The zero-order valence-corrected chi connectivity index (χ0v) is 12.3. The maximum absolute atomic E-state index is 5.19. The molecule has 2 heteroatoms. The van der Waals surface area contributed by atoms with E-state index in [2.05, 4.69) is 24.4 Å². The minimum atomic E-state index is 0.425. The van der Waals surface area contributed by atoms with Crippen LogP contribution in [0.15, 0.2) is 24.3 Å². The fraction of sp³-hybridized carbons (Fsp3) is 0.647. The van der Waals surface area contributed by atoms with Crippen molar-refractivity contribution in [1.82, 2.24) is 5.32 Å². The number of benzene rings is 1. The highest BCUT2D eigenvalue weighted by Gasteiger charge is 2.13. The molecule has 1 saturated carbocycles. The first-order chi connectivity index (χ1) is 9.29. The minimum Gasteiger partial charge on any atom is -0.497 e. The second-order valence-corrected chi connectivity index (χ2v) is 5.74. The first-order valence-corrected chi connectivity index (χ1v) is 7.67. The van der Waals surface area contributed by atoms with Crippen molar-refractivity contribution < 1.29 is 4.74 Å². The van der Waals surface area contributed by atoms with Gasteiger partial charge in [-0.05, 0) is 43.5 Å². The molecule has 1 aromatic rings. The first-order valence-electron chi connectivity index (χ1n) is 7.67. The molecule has 2 rings (SSSR count). The van der Waals surface area contributed by atoms with Crippen molar-refractivity contribution in [3.63, 3.8) is 0 Å². The Kier molecular flexibility index (Phi) is 5.71. The summed E-state index contributed by atoms with van der Waals surface area (Å²) in [6.45, 7) is 3.38. The van der Waals surface area contributed by atoms with Gasteiger partial charge >= 0.3 is 0 Å². The lowest BCUT2D eigenvalue weighted by Crippen LogP contribution is -2.22. The van der Waals surface area contributed by atoms with E-state index in [1.807, 2.05) is 12.1 Å². The van der Waals surface area contributed by atoms with Gasteiger partial charge < -0.3 is 10.1 Å². The predicted octanol–water partition coefficient (Wildman–Crippen LogP) is 4.32. The second-order valence-electron chi connectivity index (χ2n) is 5.74. The summed E-state index contributed by atoms with van der Waals surface area (Å²) >= 11 is 0. The van der Waals surface area contributed by atoms with Crippen molar-refractivity contribution in [3.05, 3.63) is 29.8 Å². The van der Waals surface area contributed by atoms with Crippen LogP contribution in [0.4, 0.5) is 0 Å². The Morgan fingerprint density at radius 2 is 1.84 bits per heavy atom. The van der Waals surface area contributed by atoms with Gasteiger partial charge in [0.15, 0.2) is 0 Å². The van der Waals surface area contributed by atoms with Gasteiger partial charge in [-0.15, -0.1) is 0 Å². The molecular weight excluding hydrogens is 234 g/mol. The molecule has 1 atom stereocenters. The van der Waals surface area contributed by atoms with Crippen LogP contribution in [0.25, 0.3) is 0 Å². The molecule has 19 heavy (non-hydrogen) atoms. The minimum absolute atomic E-state index is 0.425. The van der Waals surface area contributed by atoms with E-state index in [-0.39, 0.29) is 0 Å². The molecule has 0 heterocycles. The lowest BCUT2D eigenvalue weighted by atomic mass is 9.87. The largest absolute Gasteiger partial charge is 0.497 e. The molecule has 0 radical (unpaired) electrons. The van der Waals surface area contributed by atoms with E-state index in [1.165, 1.54) is 44.1 Å². The highest BCUT2D eigenvalue weighted by molar-refractivity contribution is 5.28. The molecule has 1 aliphatic carbocycles. The maximum Gasteiger partial charge on any atom is 0.118 e. The molecule has 0 unspecified atom stereocenters. The van der Waals surface area contributed by atoms with Gasteiger partial charge in [-0.25, -0.2) is 0 Å². The highest BCUT2D eigenvalue weighted by atomic mass is 16.5. The van der Waals surface area contributed by atoms with Gasteiger partial charge in [0.1, 0.15) is 5.75 Å². The van der Waals surface area contributed by atoms with Crippen molar-refractivity contribution in [2.75, 3.05) is 13.7 Å². The van der Waals surface area contributed by atoms with Crippen LogP contribution < -0.4 is 10.1 Å². The Morgan fingerprint density at radius 1 is 1.16 bits per heavy atom. The Hall–Kier alpha value is -1.02. The summed E-state index contributed by atoms with van der Waals surface area (Å²) in [6, 6.07) is 8.80. The zero-order chi connectivity index (χ0) is 13.5. The fourth-order valence-electron chi connectivity index (χ4n) is 2.99. The molecule has 0 aliphatic heterocycles. The molecular formula is C17H27NO. The number of nitrogens with one attached hydrogen (secondary N) is 1. The van der Waals surface area contributed by atoms with Crippen LogP contribution in [-0.4, -0.2) is 13.7 Å². The Labute approximate surface area is 117 Å². The van der Waals surface area contributed by atoms with E-state index in [1.54, 1.807) is 7.11 Å². The molecule has 1 fully saturated rings. The third-order valence-electron chi connectivity index (χ3n) is 4.34. The third-order valence-corrected chi connectivity index (χ3v) is 4.34. The van der Waals surface area contributed by atoms with Gasteiger partial charge in [0.25, 0.3) is 0 Å². The molecule has 1 N–H and O–H groups in total. The summed E-state index contributed by atoms with van der Waals surface area (Å²) in [5.74, 6) is 1.89. The standard InChI is InChI=1S/C17H27NO/c1-14(16-8-10-17(19-2)11-9-16)18-13-12-15-6-4-3-5-7-15/h8-11,14-15,18H,3-7,12-13H2,1-2H3/t14-/m0/s1. The smallest absolute Gasteiger partial charge is 0.118 e. The normalized spacial score (nSPS) is 18.2. The molecule has 0 saturated heterocycles. The van der Waals surface area contributed by atoms with Crippen LogP contribution in [0, 0.1) is 5.92 Å². The average Bonchev–Trinajstić information content (AvgIpc) is 2.48. The first kappa shape index (κ1) is 14.4. The summed E-state index contributed by atoms with van der Waals surface area (Å²) in [5.41, 5.74) is 1.34. The van der Waals surface area contributed by atoms with Gasteiger partial charge in [0, 0.05) is 6.04 Å². The Balaban J connectivity index is 1.72. The van der Waals surface area contributed by atoms with E-state index in [4.69, 9.17) is 4.74 Å². The van der Waals surface area contributed by atoms with Gasteiger partial charge in [-0.3, -0.25) is 0 Å².